The predicted molar refractivity (Wildman–Crippen MR) is 70.9 cm³/mol. The topological polar surface area (TPSA) is 30.5 Å². The lowest BCUT2D eigenvalue weighted by Crippen LogP contribution is -2.41. The molecule has 0 spiro atoms. The van der Waals surface area contributed by atoms with E-state index >= 15 is 0 Å². The second-order valence-electron chi connectivity index (χ2n) is 6.18. The van der Waals surface area contributed by atoms with Crippen LogP contribution in [0.15, 0.2) is 22.8 Å². The quantitative estimate of drug-likeness (QED) is 0.753. The Morgan fingerprint density at radius 1 is 1.15 bits per heavy atom. The Bertz CT molecular complexity index is 464. The Morgan fingerprint density at radius 2 is 1.65 bits per heavy atom. The zero-order valence-corrected chi connectivity index (χ0v) is 12.3. The molecule has 7 heteroatoms. The average Bonchev–Trinajstić information content (AvgIpc) is 2.46. The summed E-state index contributed by atoms with van der Waals surface area (Å²) in [6.07, 6.45) is -3.38. The van der Waals surface area contributed by atoms with Crippen LogP contribution in [-0.4, -0.2) is 31.0 Å². The summed E-state index contributed by atoms with van der Waals surface area (Å²) in [5.74, 6) is 0. The molecule has 112 valence electrons. The van der Waals surface area contributed by atoms with E-state index in [9.17, 15) is 13.2 Å². The number of alkyl halides is 3. The minimum absolute atomic E-state index is 0.176. The summed E-state index contributed by atoms with van der Waals surface area (Å²) >= 11 is 0. The third-order valence-corrected chi connectivity index (χ3v) is 4.27. The molecule has 0 unspecified atom stereocenters. The molecule has 3 nitrogen and oxygen atoms in total. The SMILES string of the molecule is CC1=C(B2OC(C)(C)C(C)(C)O2)CNC=C1C(F)(F)F. The van der Waals surface area contributed by atoms with Gasteiger partial charge in [-0.3, -0.25) is 0 Å². The Balaban J connectivity index is 2.33. The van der Waals surface area contributed by atoms with E-state index in [-0.39, 0.29) is 5.57 Å². The van der Waals surface area contributed by atoms with Gasteiger partial charge in [0, 0.05) is 12.7 Å². The molecule has 1 fully saturated rings. The molecular weight excluding hydrogens is 270 g/mol. The molecule has 0 amide bonds. The van der Waals surface area contributed by atoms with Gasteiger partial charge in [-0.1, -0.05) is 0 Å². The van der Waals surface area contributed by atoms with Crippen molar-refractivity contribution in [2.45, 2.75) is 52.0 Å². The van der Waals surface area contributed by atoms with E-state index in [0.717, 1.165) is 6.20 Å². The third kappa shape index (κ3) is 2.49. The number of hydrogen-bond acceptors (Lipinski definition) is 3. The number of rotatable bonds is 1. The van der Waals surface area contributed by atoms with Crippen LogP contribution in [0.3, 0.4) is 0 Å². The summed E-state index contributed by atoms with van der Waals surface area (Å²) < 4.78 is 50.4. The summed E-state index contributed by atoms with van der Waals surface area (Å²) in [5, 5.41) is 2.65. The van der Waals surface area contributed by atoms with E-state index in [0.29, 0.717) is 12.0 Å². The fourth-order valence-corrected chi connectivity index (χ4v) is 2.22. The van der Waals surface area contributed by atoms with Crippen molar-refractivity contribution in [1.29, 1.82) is 0 Å². The van der Waals surface area contributed by atoms with Gasteiger partial charge in [0.1, 0.15) is 0 Å². The summed E-state index contributed by atoms with van der Waals surface area (Å²) in [6.45, 7) is 9.25. The highest BCUT2D eigenvalue weighted by Crippen LogP contribution is 2.41. The summed E-state index contributed by atoms with van der Waals surface area (Å²) in [4.78, 5) is 0. The second kappa shape index (κ2) is 4.53. The van der Waals surface area contributed by atoms with E-state index in [1.54, 1.807) is 0 Å². The van der Waals surface area contributed by atoms with Crippen LogP contribution in [0.25, 0.3) is 0 Å². The van der Waals surface area contributed by atoms with Crippen molar-refractivity contribution in [1.82, 2.24) is 5.32 Å². The van der Waals surface area contributed by atoms with Gasteiger partial charge >= 0.3 is 13.3 Å². The highest BCUT2D eigenvalue weighted by molar-refractivity contribution is 6.55. The van der Waals surface area contributed by atoms with Crippen LogP contribution >= 0.6 is 0 Å². The smallest absolute Gasteiger partial charge is 0.400 e. The molecule has 0 radical (unpaired) electrons. The molecule has 1 saturated heterocycles. The molecule has 2 aliphatic rings. The maximum Gasteiger partial charge on any atom is 0.492 e. The van der Waals surface area contributed by atoms with Gasteiger partial charge in [-0.2, -0.15) is 13.2 Å². The molecule has 0 saturated carbocycles. The van der Waals surface area contributed by atoms with Crippen molar-refractivity contribution >= 4 is 7.12 Å². The van der Waals surface area contributed by atoms with Crippen molar-refractivity contribution < 1.29 is 22.5 Å². The first kappa shape index (κ1) is 15.4. The number of dihydropyridines is 1. The van der Waals surface area contributed by atoms with E-state index < -0.39 is 30.1 Å². The van der Waals surface area contributed by atoms with Crippen LogP contribution in [-0.2, 0) is 9.31 Å². The molecule has 0 aromatic heterocycles. The first-order chi connectivity index (χ1) is 8.96. The maximum atomic E-state index is 12.9. The molecule has 0 bridgehead atoms. The van der Waals surface area contributed by atoms with Crippen molar-refractivity contribution in [3.63, 3.8) is 0 Å². The number of hydrogen-bond donors (Lipinski definition) is 1. The average molecular weight is 289 g/mol. The van der Waals surface area contributed by atoms with Crippen LogP contribution in [0.2, 0.25) is 0 Å². The van der Waals surface area contributed by atoms with Crippen molar-refractivity contribution in [3.8, 4) is 0 Å². The monoisotopic (exact) mass is 289 g/mol. The minimum atomic E-state index is -4.38. The second-order valence-corrected chi connectivity index (χ2v) is 6.18. The van der Waals surface area contributed by atoms with Crippen LogP contribution in [0.1, 0.15) is 34.6 Å². The fraction of sp³-hybridized carbons (Fsp3) is 0.692. The maximum absolute atomic E-state index is 12.9. The van der Waals surface area contributed by atoms with E-state index in [4.69, 9.17) is 9.31 Å². The number of nitrogens with one attached hydrogen (secondary N) is 1. The molecule has 2 aliphatic heterocycles. The van der Waals surface area contributed by atoms with Crippen LogP contribution in [0, 0.1) is 0 Å². The zero-order valence-electron chi connectivity index (χ0n) is 12.3. The van der Waals surface area contributed by atoms with Crippen molar-refractivity contribution in [2.75, 3.05) is 6.54 Å². The lowest BCUT2D eigenvalue weighted by molar-refractivity contribution is -0.0899. The van der Waals surface area contributed by atoms with Gasteiger partial charge in [0.15, 0.2) is 0 Å². The van der Waals surface area contributed by atoms with Crippen molar-refractivity contribution in [3.05, 3.63) is 22.8 Å². The highest BCUT2D eigenvalue weighted by Gasteiger charge is 2.53. The molecule has 20 heavy (non-hydrogen) atoms. The lowest BCUT2D eigenvalue weighted by atomic mass is 9.73. The molecule has 0 atom stereocenters. The zero-order chi connectivity index (χ0) is 15.3. The molecule has 1 N–H and O–H groups in total. The lowest BCUT2D eigenvalue weighted by Gasteiger charge is -2.32. The minimum Gasteiger partial charge on any atom is -0.400 e. The molecule has 0 aromatic carbocycles. The summed E-state index contributed by atoms with van der Waals surface area (Å²) in [6, 6.07) is 0. The Morgan fingerprint density at radius 3 is 2.10 bits per heavy atom. The van der Waals surface area contributed by atoms with E-state index in [1.807, 2.05) is 27.7 Å². The number of allylic oxidation sites excluding steroid dienone is 2. The largest absolute Gasteiger partial charge is 0.492 e. The Labute approximate surface area is 117 Å². The first-order valence-corrected chi connectivity index (χ1v) is 6.52. The molecule has 2 heterocycles. The Hall–Kier alpha value is -0.945. The van der Waals surface area contributed by atoms with Gasteiger partial charge in [-0.15, -0.1) is 0 Å². The number of halogens is 3. The standard InChI is InChI=1S/C13H19BF3NO2/c1-8-9(13(15,16)17)6-18-7-10(8)14-19-11(2,3)12(4,5)20-14/h6,18H,7H2,1-5H3. The highest BCUT2D eigenvalue weighted by atomic mass is 19.4. The van der Waals surface area contributed by atoms with E-state index in [2.05, 4.69) is 5.32 Å². The molecule has 2 rings (SSSR count). The third-order valence-electron chi connectivity index (χ3n) is 4.27. The van der Waals surface area contributed by atoms with Gasteiger partial charge in [0.25, 0.3) is 0 Å². The normalized spacial score (nSPS) is 25.6. The summed E-state index contributed by atoms with van der Waals surface area (Å²) in [5.41, 5.74) is -1.13. The molecule has 0 aliphatic carbocycles. The Kier molecular flexibility index (Phi) is 3.50. The first-order valence-electron chi connectivity index (χ1n) is 6.52. The van der Waals surface area contributed by atoms with Crippen LogP contribution < -0.4 is 5.32 Å². The fourth-order valence-electron chi connectivity index (χ4n) is 2.22. The van der Waals surface area contributed by atoms with E-state index in [1.165, 1.54) is 6.92 Å². The van der Waals surface area contributed by atoms with Gasteiger partial charge in [0.05, 0.1) is 16.8 Å². The van der Waals surface area contributed by atoms with Gasteiger partial charge in [-0.05, 0) is 45.7 Å². The molecular formula is C13H19BF3NO2. The molecule has 0 aromatic rings. The van der Waals surface area contributed by atoms with Crippen molar-refractivity contribution in [2.24, 2.45) is 0 Å². The van der Waals surface area contributed by atoms with Gasteiger partial charge in [0.2, 0.25) is 0 Å². The van der Waals surface area contributed by atoms with Crippen LogP contribution in [0.5, 0.6) is 0 Å². The van der Waals surface area contributed by atoms with Crippen LogP contribution in [0.4, 0.5) is 13.2 Å². The predicted octanol–water partition coefficient (Wildman–Crippen LogP) is 2.98. The summed E-state index contributed by atoms with van der Waals surface area (Å²) in [7, 11) is -0.751. The van der Waals surface area contributed by atoms with Gasteiger partial charge in [-0.25, -0.2) is 0 Å². The van der Waals surface area contributed by atoms with Gasteiger partial charge < -0.3 is 14.6 Å².